The van der Waals surface area contributed by atoms with Crippen molar-refractivity contribution >= 4 is 23.4 Å². The largest absolute Gasteiger partial charge is 0.352 e. The van der Waals surface area contributed by atoms with Crippen molar-refractivity contribution in [2.75, 3.05) is 11.9 Å². The molecular weight excluding hydrogens is 394 g/mol. The highest BCUT2D eigenvalue weighted by Gasteiger charge is 2.18. The van der Waals surface area contributed by atoms with Crippen molar-refractivity contribution in [1.82, 2.24) is 20.4 Å². The number of aryl methyl sites for hydroxylation is 2. The minimum absolute atomic E-state index is 0.188. The van der Waals surface area contributed by atoms with Gasteiger partial charge in [-0.2, -0.15) is 5.10 Å². The Hall–Kier alpha value is -3.94. The highest BCUT2D eigenvalue weighted by molar-refractivity contribution is 6.40. The van der Waals surface area contributed by atoms with Crippen LogP contribution in [0.3, 0.4) is 0 Å². The molecule has 0 radical (unpaired) electrons. The summed E-state index contributed by atoms with van der Waals surface area (Å²) in [6, 6.07) is 16.4. The number of rotatable bonds is 7. The topological polar surface area (TPSA) is 105 Å². The van der Waals surface area contributed by atoms with Crippen LogP contribution < -0.4 is 16.0 Å². The van der Waals surface area contributed by atoms with Gasteiger partial charge >= 0.3 is 11.8 Å². The summed E-state index contributed by atoms with van der Waals surface area (Å²) in [5.41, 5.74) is 3.28. The summed E-state index contributed by atoms with van der Waals surface area (Å²) in [6.07, 6.45) is 2.47. The van der Waals surface area contributed by atoms with E-state index in [2.05, 4.69) is 21.0 Å². The Balaban J connectivity index is 1.56. The van der Waals surface area contributed by atoms with Crippen LogP contribution in [0.4, 0.5) is 5.69 Å². The van der Waals surface area contributed by atoms with Gasteiger partial charge in [-0.3, -0.25) is 19.1 Å². The molecule has 160 valence electrons. The number of carbonyl (C=O) groups is 3. The van der Waals surface area contributed by atoms with Gasteiger partial charge in [0.15, 0.2) is 0 Å². The SMILES string of the molecule is Cc1nn(C)cc1CNC(=O)C(=O)Nc1ccccc1C(=O)NCCc1ccccc1. The number of nitrogens with one attached hydrogen (secondary N) is 3. The summed E-state index contributed by atoms with van der Waals surface area (Å²) in [6.45, 7) is 2.47. The first-order valence-electron chi connectivity index (χ1n) is 9.93. The van der Waals surface area contributed by atoms with Gasteiger partial charge in [-0.15, -0.1) is 0 Å². The fourth-order valence-electron chi connectivity index (χ4n) is 3.11. The van der Waals surface area contributed by atoms with Crippen molar-refractivity contribution in [1.29, 1.82) is 0 Å². The Bertz CT molecular complexity index is 1080. The van der Waals surface area contributed by atoms with E-state index in [1.54, 1.807) is 42.2 Å². The molecule has 0 bridgehead atoms. The summed E-state index contributed by atoms with van der Waals surface area (Å²) in [7, 11) is 1.78. The van der Waals surface area contributed by atoms with E-state index in [-0.39, 0.29) is 18.1 Å². The third-order valence-electron chi connectivity index (χ3n) is 4.72. The zero-order chi connectivity index (χ0) is 22.2. The quantitative estimate of drug-likeness (QED) is 0.509. The van der Waals surface area contributed by atoms with E-state index in [1.165, 1.54) is 0 Å². The zero-order valence-corrected chi connectivity index (χ0v) is 17.5. The van der Waals surface area contributed by atoms with Gasteiger partial charge in [-0.05, 0) is 31.0 Å². The number of hydrogen-bond acceptors (Lipinski definition) is 4. The zero-order valence-electron chi connectivity index (χ0n) is 17.5. The molecule has 0 saturated carbocycles. The molecule has 2 aromatic carbocycles. The lowest BCUT2D eigenvalue weighted by atomic mass is 10.1. The molecule has 3 N–H and O–H groups in total. The molecule has 0 unspecified atom stereocenters. The molecule has 0 fully saturated rings. The van der Waals surface area contributed by atoms with E-state index in [1.807, 2.05) is 37.3 Å². The van der Waals surface area contributed by atoms with Crippen molar-refractivity contribution < 1.29 is 14.4 Å². The lowest BCUT2D eigenvalue weighted by Crippen LogP contribution is -2.35. The minimum Gasteiger partial charge on any atom is -0.352 e. The van der Waals surface area contributed by atoms with Crippen LogP contribution in [-0.2, 0) is 29.6 Å². The van der Waals surface area contributed by atoms with E-state index in [0.29, 0.717) is 18.5 Å². The van der Waals surface area contributed by atoms with Gasteiger partial charge in [-0.25, -0.2) is 0 Å². The van der Waals surface area contributed by atoms with Crippen molar-refractivity contribution in [2.24, 2.45) is 7.05 Å². The van der Waals surface area contributed by atoms with Crippen LogP contribution >= 0.6 is 0 Å². The van der Waals surface area contributed by atoms with Crippen molar-refractivity contribution in [2.45, 2.75) is 19.9 Å². The summed E-state index contributed by atoms with van der Waals surface area (Å²) in [5.74, 6) is -1.95. The molecule has 0 atom stereocenters. The molecule has 0 aliphatic heterocycles. The number of anilines is 1. The first-order chi connectivity index (χ1) is 14.9. The maximum Gasteiger partial charge on any atom is 0.313 e. The number of amides is 3. The first kappa shape index (κ1) is 21.8. The van der Waals surface area contributed by atoms with Crippen LogP contribution in [0.1, 0.15) is 27.2 Å². The van der Waals surface area contributed by atoms with Crippen LogP contribution in [-0.4, -0.2) is 34.0 Å². The fraction of sp³-hybridized carbons (Fsp3) is 0.217. The minimum atomic E-state index is -0.842. The molecule has 3 aromatic rings. The number of nitrogens with zero attached hydrogens (tertiary/aromatic N) is 2. The van der Waals surface area contributed by atoms with Crippen molar-refractivity contribution in [3.63, 3.8) is 0 Å². The summed E-state index contributed by atoms with van der Waals surface area (Å²) in [5, 5.41) is 12.1. The third-order valence-corrected chi connectivity index (χ3v) is 4.72. The van der Waals surface area contributed by atoms with Crippen LogP contribution in [0.25, 0.3) is 0 Å². The second-order valence-corrected chi connectivity index (χ2v) is 7.09. The Labute approximate surface area is 180 Å². The summed E-state index contributed by atoms with van der Waals surface area (Å²) < 4.78 is 1.64. The van der Waals surface area contributed by atoms with Gasteiger partial charge in [0.05, 0.1) is 16.9 Å². The van der Waals surface area contributed by atoms with Crippen molar-refractivity contribution in [3.05, 3.63) is 83.2 Å². The van der Waals surface area contributed by atoms with Gasteiger partial charge in [0, 0.05) is 31.9 Å². The van der Waals surface area contributed by atoms with Gasteiger partial charge in [0.2, 0.25) is 0 Å². The van der Waals surface area contributed by atoms with Crippen LogP contribution in [0.15, 0.2) is 60.8 Å². The molecule has 0 aliphatic carbocycles. The molecule has 1 aromatic heterocycles. The average Bonchev–Trinajstić information content (AvgIpc) is 3.09. The molecule has 3 rings (SSSR count). The fourth-order valence-corrected chi connectivity index (χ4v) is 3.11. The molecule has 0 spiro atoms. The number of aromatic nitrogens is 2. The van der Waals surface area contributed by atoms with Gasteiger partial charge in [0.1, 0.15) is 0 Å². The molecular formula is C23H25N5O3. The van der Waals surface area contributed by atoms with E-state index in [4.69, 9.17) is 0 Å². The van der Waals surface area contributed by atoms with Crippen LogP contribution in [0.2, 0.25) is 0 Å². The molecule has 1 heterocycles. The number of carbonyl (C=O) groups excluding carboxylic acids is 3. The van der Waals surface area contributed by atoms with E-state index in [9.17, 15) is 14.4 Å². The van der Waals surface area contributed by atoms with Crippen LogP contribution in [0, 0.1) is 6.92 Å². The lowest BCUT2D eigenvalue weighted by molar-refractivity contribution is -0.136. The number of para-hydroxylation sites is 1. The maximum atomic E-state index is 12.6. The Morgan fingerprint density at radius 1 is 0.935 bits per heavy atom. The van der Waals surface area contributed by atoms with Gasteiger partial charge in [-0.1, -0.05) is 42.5 Å². The lowest BCUT2D eigenvalue weighted by Gasteiger charge is -2.11. The van der Waals surface area contributed by atoms with Crippen LogP contribution in [0.5, 0.6) is 0 Å². The first-order valence-corrected chi connectivity index (χ1v) is 9.93. The predicted molar refractivity (Wildman–Crippen MR) is 117 cm³/mol. The van der Waals surface area contributed by atoms with Gasteiger partial charge < -0.3 is 16.0 Å². The normalized spacial score (nSPS) is 10.4. The van der Waals surface area contributed by atoms with E-state index in [0.717, 1.165) is 16.8 Å². The number of benzene rings is 2. The molecule has 0 aliphatic rings. The summed E-state index contributed by atoms with van der Waals surface area (Å²) in [4.78, 5) is 37.1. The van der Waals surface area contributed by atoms with E-state index >= 15 is 0 Å². The Morgan fingerprint density at radius 2 is 1.65 bits per heavy atom. The maximum absolute atomic E-state index is 12.6. The second-order valence-electron chi connectivity index (χ2n) is 7.09. The molecule has 0 saturated heterocycles. The summed E-state index contributed by atoms with van der Waals surface area (Å²) >= 11 is 0. The van der Waals surface area contributed by atoms with Gasteiger partial charge in [0.25, 0.3) is 5.91 Å². The monoisotopic (exact) mass is 419 g/mol. The molecule has 31 heavy (non-hydrogen) atoms. The number of hydrogen-bond donors (Lipinski definition) is 3. The Morgan fingerprint density at radius 3 is 2.35 bits per heavy atom. The average molecular weight is 419 g/mol. The molecule has 3 amide bonds. The highest BCUT2D eigenvalue weighted by atomic mass is 16.2. The Kier molecular flexibility index (Phi) is 7.16. The molecule has 8 nitrogen and oxygen atoms in total. The third kappa shape index (κ3) is 6.02. The van der Waals surface area contributed by atoms with Crippen molar-refractivity contribution in [3.8, 4) is 0 Å². The highest BCUT2D eigenvalue weighted by Crippen LogP contribution is 2.15. The second kappa shape index (κ2) is 10.2. The standard InChI is InChI=1S/C23H25N5O3/c1-16-18(15-28(2)27-16)14-25-22(30)23(31)26-20-11-7-6-10-19(20)21(29)24-13-12-17-8-4-3-5-9-17/h3-11,15H,12-14H2,1-2H3,(H,24,29)(H,25,30)(H,26,31). The molecule has 8 heteroatoms. The smallest absolute Gasteiger partial charge is 0.313 e. The van der Waals surface area contributed by atoms with E-state index < -0.39 is 11.8 Å². The predicted octanol–water partition coefficient (Wildman–Crippen LogP) is 1.96.